The third-order valence-corrected chi connectivity index (χ3v) is 3.24. The van der Waals surface area contributed by atoms with Gasteiger partial charge in [0.05, 0.1) is 4.47 Å². The van der Waals surface area contributed by atoms with Crippen LogP contribution in [0.3, 0.4) is 0 Å². The highest BCUT2D eigenvalue weighted by Crippen LogP contribution is 2.37. The molecule has 0 N–H and O–H groups in total. The lowest BCUT2D eigenvalue weighted by molar-refractivity contribution is -0.138. The molecule has 2 aromatic rings. The maximum Gasteiger partial charge on any atom is 0.445 e. The van der Waals surface area contributed by atoms with E-state index in [1.165, 1.54) is 12.1 Å². The van der Waals surface area contributed by atoms with Gasteiger partial charge < -0.3 is 4.74 Å². The van der Waals surface area contributed by atoms with Gasteiger partial charge in [0.2, 0.25) is 5.01 Å². The second kappa shape index (κ2) is 4.81. The number of alkyl halides is 3. The van der Waals surface area contributed by atoms with Crippen molar-refractivity contribution in [3.8, 4) is 10.9 Å². The Balaban J connectivity index is 2.24. The van der Waals surface area contributed by atoms with Crippen molar-refractivity contribution >= 4 is 27.3 Å². The molecule has 0 aliphatic carbocycles. The van der Waals surface area contributed by atoms with Crippen LogP contribution in [0.1, 0.15) is 5.01 Å². The van der Waals surface area contributed by atoms with Crippen molar-refractivity contribution in [1.29, 1.82) is 0 Å². The second-order valence-corrected chi connectivity index (χ2v) is 4.84. The zero-order valence-corrected chi connectivity index (χ0v) is 10.7. The van der Waals surface area contributed by atoms with E-state index >= 15 is 0 Å². The lowest BCUT2D eigenvalue weighted by atomic mass is 10.3. The zero-order chi connectivity index (χ0) is 13.3. The Labute approximate surface area is 111 Å². The standard InChI is InChI=1S/C9H3BrF4N2OS/c10-5-2-1-4(11)3-6(5)17-8-16-15-7(18-8)9(12,13)14/h1-3H. The molecule has 2 rings (SSSR count). The molecule has 0 aliphatic rings. The Hall–Kier alpha value is -1.22. The third-order valence-electron chi connectivity index (χ3n) is 1.74. The topological polar surface area (TPSA) is 35.0 Å². The van der Waals surface area contributed by atoms with Crippen LogP contribution in [-0.2, 0) is 6.18 Å². The van der Waals surface area contributed by atoms with Crippen LogP contribution in [0.15, 0.2) is 22.7 Å². The molecule has 0 bridgehead atoms. The fourth-order valence-corrected chi connectivity index (χ4v) is 1.92. The molecule has 1 aromatic heterocycles. The highest BCUT2D eigenvalue weighted by atomic mass is 79.9. The minimum atomic E-state index is -4.57. The molecule has 96 valence electrons. The Bertz CT molecular complexity index is 572. The van der Waals surface area contributed by atoms with Crippen molar-refractivity contribution in [1.82, 2.24) is 10.2 Å². The van der Waals surface area contributed by atoms with Gasteiger partial charge in [-0.25, -0.2) is 4.39 Å². The number of hydrogen-bond acceptors (Lipinski definition) is 4. The average molecular weight is 343 g/mol. The maximum atomic E-state index is 12.9. The summed E-state index contributed by atoms with van der Waals surface area (Å²) in [6, 6.07) is 3.58. The first kappa shape index (κ1) is 13.2. The molecule has 3 nitrogen and oxygen atoms in total. The summed E-state index contributed by atoms with van der Waals surface area (Å²) in [7, 11) is 0. The number of ether oxygens (including phenoxy) is 1. The van der Waals surface area contributed by atoms with Gasteiger partial charge in [0.25, 0.3) is 5.19 Å². The second-order valence-electron chi connectivity index (χ2n) is 3.05. The molecule has 0 saturated heterocycles. The molecule has 0 amide bonds. The van der Waals surface area contributed by atoms with Gasteiger partial charge in [0.15, 0.2) is 0 Å². The van der Waals surface area contributed by atoms with Crippen LogP contribution in [0, 0.1) is 5.82 Å². The van der Waals surface area contributed by atoms with Crippen molar-refractivity contribution in [3.63, 3.8) is 0 Å². The number of benzene rings is 1. The summed E-state index contributed by atoms with van der Waals surface area (Å²) < 4.78 is 55.2. The van der Waals surface area contributed by atoms with E-state index in [-0.39, 0.29) is 22.3 Å². The molecular weight excluding hydrogens is 340 g/mol. The molecule has 0 spiro atoms. The molecule has 0 aliphatic heterocycles. The number of rotatable bonds is 2. The zero-order valence-electron chi connectivity index (χ0n) is 8.33. The molecule has 18 heavy (non-hydrogen) atoms. The lowest BCUT2D eigenvalue weighted by Crippen LogP contribution is -2.03. The normalized spacial score (nSPS) is 11.6. The first-order valence-electron chi connectivity index (χ1n) is 4.40. The van der Waals surface area contributed by atoms with Crippen molar-refractivity contribution in [2.75, 3.05) is 0 Å². The van der Waals surface area contributed by atoms with E-state index in [1.54, 1.807) is 0 Å². The van der Waals surface area contributed by atoms with Crippen LogP contribution in [0.25, 0.3) is 0 Å². The van der Waals surface area contributed by atoms with Gasteiger partial charge in [-0.05, 0) is 28.1 Å². The molecule has 9 heteroatoms. The average Bonchev–Trinajstić information content (AvgIpc) is 2.71. The fourth-order valence-electron chi connectivity index (χ4n) is 1.02. The van der Waals surface area contributed by atoms with Crippen molar-refractivity contribution < 1.29 is 22.3 Å². The molecule has 0 radical (unpaired) electrons. The smallest absolute Gasteiger partial charge is 0.428 e. The van der Waals surface area contributed by atoms with E-state index < -0.39 is 17.0 Å². The van der Waals surface area contributed by atoms with Crippen LogP contribution in [-0.4, -0.2) is 10.2 Å². The fraction of sp³-hybridized carbons (Fsp3) is 0.111. The SMILES string of the molecule is Fc1ccc(Br)c(Oc2nnc(C(F)(F)F)s2)c1. The minimum Gasteiger partial charge on any atom is -0.428 e. The summed E-state index contributed by atoms with van der Waals surface area (Å²) in [5.74, 6) is -0.548. The van der Waals surface area contributed by atoms with E-state index in [4.69, 9.17) is 4.74 Å². The van der Waals surface area contributed by atoms with Gasteiger partial charge >= 0.3 is 6.18 Å². The Morgan fingerprint density at radius 1 is 1.22 bits per heavy atom. The number of aromatic nitrogens is 2. The summed E-state index contributed by atoms with van der Waals surface area (Å²) in [5, 5.41) is 4.75. The van der Waals surface area contributed by atoms with E-state index in [0.717, 1.165) is 6.07 Å². The largest absolute Gasteiger partial charge is 0.445 e. The highest BCUT2D eigenvalue weighted by Gasteiger charge is 2.36. The highest BCUT2D eigenvalue weighted by molar-refractivity contribution is 9.10. The van der Waals surface area contributed by atoms with E-state index in [2.05, 4.69) is 26.1 Å². The lowest BCUT2D eigenvalue weighted by Gasteiger charge is -2.03. The minimum absolute atomic E-state index is 0.0277. The summed E-state index contributed by atoms with van der Waals surface area (Å²) in [6.07, 6.45) is -4.57. The molecule has 0 unspecified atom stereocenters. The Kier molecular flexibility index (Phi) is 3.53. The summed E-state index contributed by atoms with van der Waals surface area (Å²) >= 11 is 3.31. The van der Waals surface area contributed by atoms with Gasteiger partial charge in [-0.2, -0.15) is 13.2 Å². The van der Waals surface area contributed by atoms with E-state index in [9.17, 15) is 17.6 Å². The van der Waals surface area contributed by atoms with E-state index in [1.807, 2.05) is 0 Å². The molecule has 1 aromatic carbocycles. The number of nitrogens with zero attached hydrogens (tertiary/aromatic N) is 2. The van der Waals surface area contributed by atoms with Crippen LogP contribution in [0.4, 0.5) is 17.6 Å². The van der Waals surface area contributed by atoms with Gasteiger partial charge in [-0.15, -0.1) is 5.10 Å². The Morgan fingerprint density at radius 2 is 1.94 bits per heavy atom. The molecule has 0 saturated carbocycles. The summed E-state index contributed by atoms with van der Waals surface area (Å²) in [6.45, 7) is 0. The van der Waals surface area contributed by atoms with Crippen LogP contribution in [0.5, 0.6) is 10.9 Å². The molecule has 0 atom stereocenters. The number of hydrogen-bond donors (Lipinski definition) is 0. The molecule has 0 fully saturated rings. The maximum absolute atomic E-state index is 12.9. The van der Waals surface area contributed by atoms with Crippen molar-refractivity contribution in [3.05, 3.63) is 33.5 Å². The van der Waals surface area contributed by atoms with Crippen LogP contribution in [0.2, 0.25) is 0 Å². The van der Waals surface area contributed by atoms with Gasteiger partial charge in [-0.1, -0.05) is 16.4 Å². The quantitative estimate of drug-likeness (QED) is 0.765. The molecular formula is C9H3BrF4N2OS. The van der Waals surface area contributed by atoms with Crippen molar-refractivity contribution in [2.24, 2.45) is 0 Å². The predicted molar refractivity (Wildman–Crippen MR) is 59.1 cm³/mol. The van der Waals surface area contributed by atoms with Gasteiger partial charge in [0, 0.05) is 6.07 Å². The first-order chi connectivity index (χ1) is 8.36. The number of halogens is 5. The Morgan fingerprint density at radius 3 is 2.56 bits per heavy atom. The van der Waals surface area contributed by atoms with Crippen molar-refractivity contribution in [2.45, 2.75) is 6.18 Å². The first-order valence-corrected chi connectivity index (χ1v) is 6.01. The van der Waals surface area contributed by atoms with E-state index in [0.29, 0.717) is 4.47 Å². The van der Waals surface area contributed by atoms with Crippen LogP contribution < -0.4 is 4.74 Å². The monoisotopic (exact) mass is 342 g/mol. The predicted octanol–water partition coefficient (Wildman–Crippen LogP) is 4.25. The summed E-state index contributed by atoms with van der Waals surface area (Å²) in [4.78, 5) is 0. The molecule has 1 heterocycles. The summed E-state index contributed by atoms with van der Waals surface area (Å²) in [5.41, 5.74) is 0. The third kappa shape index (κ3) is 2.96. The van der Waals surface area contributed by atoms with Crippen LogP contribution >= 0.6 is 27.3 Å². The van der Waals surface area contributed by atoms with Gasteiger partial charge in [-0.3, -0.25) is 0 Å². The van der Waals surface area contributed by atoms with Gasteiger partial charge in [0.1, 0.15) is 11.6 Å².